The van der Waals surface area contributed by atoms with Gasteiger partial charge in [-0.15, -0.1) is 0 Å². The number of rotatable bonds is 9. The Bertz CT molecular complexity index is 898. The van der Waals surface area contributed by atoms with Crippen LogP contribution in [-0.4, -0.2) is 38.1 Å². The molecule has 0 spiro atoms. The molecule has 30 heavy (non-hydrogen) atoms. The number of benzene rings is 2. The van der Waals surface area contributed by atoms with Crippen LogP contribution in [0.5, 0.6) is 11.5 Å². The lowest BCUT2D eigenvalue weighted by Crippen LogP contribution is -2.34. The number of hydrogen-bond donors (Lipinski definition) is 1. The summed E-state index contributed by atoms with van der Waals surface area (Å²) in [5.74, 6) is -1.03. The summed E-state index contributed by atoms with van der Waals surface area (Å²) in [7, 11) is 1.43. The summed E-state index contributed by atoms with van der Waals surface area (Å²) in [6, 6.07) is 11.0. The molecule has 0 saturated heterocycles. The van der Waals surface area contributed by atoms with Crippen LogP contribution >= 0.6 is 11.6 Å². The van der Waals surface area contributed by atoms with Crippen molar-refractivity contribution in [3.63, 3.8) is 0 Å². The smallest absolute Gasteiger partial charge is 0.338 e. The first-order valence-electron chi connectivity index (χ1n) is 9.38. The Hall–Kier alpha value is -3.06. The molecule has 160 valence electrons. The quantitative estimate of drug-likeness (QED) is 0.603. The highest BCUT2D eigenvalue weighted by Crippen LogP contribution is 2.36. The lowest BCUT2D eigenvalue weighted by molar-refractivity contribution is -0.123. The summed E-state index contributed by atoms with van der Waals surface area (Å²) in [5, 5.41) is 2.34. The van der Waals surface area contributed by atoms with E-state index in [1.54, 1.807) is 30.3 Å². The third kappa shape index (κ3) is 6.77. The Morgan fingerprint density at radius 1 is 1.07 bits per heavy atom. The maximum absolute atomic E-state index is 12.3. The van der Waals surface area contributed by atoms with E-state index in [1.807, 2.05) is 0 Å². The van der Waals surface area contributed by atoms with E-state index in [2.05, 4.69) is 19.2 Å². The first-order chi connectivity index (χ1) is 14.3. The maximum Gasteiger partial charge on any atom is 0.338 e. The van der Waals surface area contributed by atoms with E-state index >= 15 is 0 Å². The average Bonchev–Trinajstić information content (AvgIpc) is 2.73. The average molecular weight is 434 g/mol. The minimum absolute atomic E-state index is 0.0928. The Morgan fingerprint density at radius 3 is 2.40 bits per heavy atom. The molecule has 2 amide bonds. The number of nitrogens with one attached hydrogen (secondary N) is 1. The van der Waals surface area contributed by atoms with Crippen molar-refractivity contribution in [2.75, 3.05) is 20.3 Å². The first-order valence-corrected chi connectivity index (χ1v) is 9.76. The second-order valence-electron chi connectivity index (χ2n) is 6.84. The van der Waals surface area contributed by atoms with Crippen molar-refractivity contribution in [1.82, 2.24) is 5.32 Å². The van der Waals surface area contributed by atoms with Gasteiger partial charge in [-0.1, -0.05) is 43.6 Å². The molecule has 2 aromatic rings. The topological polar surface area (TPSA) is 90.9 Å². The standard InChI is InChI=1S/C22H24ClNO6/c1-14(2)9-10-29-20-17(23)11-16(12-18(20)28-3)22(27)30-13-19(25)24-21(26)15-7-5-4-6-8-15/h4-8,11-12,14H,9-10,13H2,1-3H3,(H,24,25,26). The molecule has 2 aromatic carbocycles. The second kappa shape index (κ2) is 11.2. The summed E-state index contributed by atoms with van der Waals surface area (Å²) in [5.41, 5.74) is 0.414. The van der Waals surface area contributed by atoms with Crippen molar-refractivity contribution in [2.24, 2.45) is 5.92 Å². The van der Waals surface area contributed by atoms with Crippen LogP contribution in [0, 0.1) is 5.92 Å². The van der Waals surface area contributed by atoms with Crippen LogP contribution in [0.4, 0.5) is 0 Å². The maximum atomic E-state index is 12.3. The molecule has 0 aliphatic rings. The molecular weight excluding hydrogens is 410 g/mol. The van der Waals surface area contributed by atoms with Gasteiger partial charge in [0, 0.05) is 5.56 Å². The molecule has 0 atom stereocenters. The molecule has 8 heteroatoms. The van der Waals surface area contributed by atoms with E-state index in [9.17, 15) is 14.4 Å². The molecular formula is C22H24ClNO6. The van der Waals surface area contributed by atoms with E-state index in [0.29, 0.717) is 23.8 Å². The monoisotopic (exact) mass is 433 g/mol. The van der Waals surface area contributed by atoms with E-state index in [4.69, 9.17) is 25.8 Å². The molecule has 0 saturated carbocycles. The number of amides is 2. The van der Waals surface area contributed by atoms with Gasteiger partial charge in [0.25, 0.3) is 11.8 Å². The Kier molecular flexibility index (Phi) is 8.68. The van der Waals surface area contributed by atoms with Crippen LogP contribution in [0.2, 0.25) is 5.02 Å². The minimum Gasteiger partial charge on any atom is -0.493 e. The summed E-state index contributed by atoms with van der Waals surface area (Å²) in [4.78, 5) is 36.1. The predicted molar refractivity (Wildman–Crippen MR) is 112 cm³/mol. The van der Waals surface area contributed by atoms with Gasteiger partial charge in [-0.2, -0.15) is 0 Å². The number of imide groups is 1. The molecule has 0 bridgehead atoms. The van der Waals surface area contributed by atoms with Gasteiger partial charge in [-0.05, 0) is 36.6 Å². The zero-order valence-corrected chi connectivity index (χ0v) is 17.8. The van der Waals surface area contributed by atoms with E-state index in [-0.39, 0.29) is 16.3 Å². The molecule has 0 unspecified atom stereocenters. The Balaban J connectivity index is 1.96. The number of esters is 1. The lowest BCUT2D eigenvalue weighted by Gasteiger charge is -2.14. The minimum atomic E-state index is -0.786. The Labute approximate surface area is 180 Å². The van der Waals surface area contributed by atoms with E-state index in [1.165, 1.54) is 19.2 Å². The van der Waals surface area contributed by atoms with Crippen LogP contribution in [0.15, 0.2) is 42.5 Å². The van der Waals surface area contributed by atoms with Gasteiger partial charge in [-0.25, -0.2) is 4.79 Å². The largest absolute Gasteiger partial charge is 0.493 e. The third-order valence-electron chi connectivity index (χ3n) is 4.03. The predicted octanol–water partition coefficient (Wildman–Crippen LogP) is 3.89. The highest BCUT2D eigenvalue weighted by atomic mass is 35.5. The summed E-state index contributed by atoms with van der Waals surface area (Å²) in [6.07, 6.45) is 0.833. The van der Waals surface area contributed by atoms with Crippen LogP contribution in [-0.2, 0) is 9.53 Å². The number of carbonyl (C=O) groups excluding carboxylic acids is 3. The molecule has 7 nitrogen and oxygen atoms in total. The van der Waals surface area contributed by atoms with Crippen molar-refractivity contribution < 1.29 is 28.6 Å². The number of ether oxygens (including phenoxy) is 3. The molecule has 0 aliphatic carbocycles. The third-order valence-corrected chi connectivity index (χ3v) is 4.31. The van der Waals surface area contributed by atoms with E-state index in [0.717, 1.165) is 6.42 Å². The normalized spacial score (nSPS) is 10.4. The van der Waals surface area contributed by atoms with Gasteiger partial charge in [0.15, 0.2) is 18.1 Å². The van der Waals surface area contributed by atoms with Crippen molar-refractivity contribution in [3.05, 3.63) is 58.6 Å². The molecule has 0 heterocycles. The summed E-state index contributed by atoms with van der Waals surface area (Å²) >= 11 is 6.24. The molecule has 0 aliphatic heterocycles. The van der Waals surface area contributed by atoms with Gasteiger partial charge in [0.05, 0.1) is 24.3 Å². The van der Waals surface area contributed by atoms with Crippen LogP contribution in [0.3, 0.4) is 0 Å². The fourth-order valence-electron chi connectivity index (χ4n) is 2.41. The zero-order valence-electron chi connectivity index (χ0n) is 17.1. The van der Waals surface area contributed by atoms with Gasteiger partial charge >= 0.3 is 5.97 Å². The molecule has 0 radical (unpaired) electrons. The SMILES string of the molecule is COc1cc(C(=O)OCC(=O)NC(=O)c2ccccc2)cc(Cl)c1OCCC(C)C. The molecule has 1 N–H and O–H groups in total. The Morgan fingerprint density at radius 2 is 1.77 bits per heavy atom. The molecule has 2 rings (SSSR count). The fourth-order valence-corrected chi connectivity index (χ4v) is 2.68. The van der Waals surface area contributed by atoms with Crippen LogP contribution in [0.1, 0.15) is 41.0 Å². The molecule has 0 fully saturated rings. The lowest BCUT2D eigenvalue weighted by atomic mass is 10.1. The van der Waals surface area contributed by atoms with Crippen molar-refractivity contribution in [3.8, 4) is 11.5 Å². The van der Waals surface area contributed by atoms with Gasteiger partial charge < -0.3 is 14.2 Å². The number of carbonyl (C=O) groups is 3. The van der Waals surface area contributed by atoms with Gasteiger partial charge in [-0.3, -0.25) is 14.9 Å². The number of hydrogen-bond acceptors (Lipinski definition) is 6. The van der Waals surface area contributed by atoms with Crippen LogP contribution in [0.25, 0.3) is 0 Å². The van der Waals surface area contributed by atoms with Gasteiger partial charge in [0.1, 0.15) is 0 Å². The van der Waals surface area contributed by atoms with E-state index < -0.39 is 24.4 Å². The van der Waals surface area contributed by atoms with Crippen molar-refractivity contribution in [2.45, 2.75) is 20.3 Å². The van der Waals surface area contributed by atoms with Crippen molar-refractivity contribution >= 4 is 29.4 Å². The van der Waals surface area contributed by atoms with Gasteiger partial charge in [0.2, 0.25) is 0 Å². The number of halogens is 1. The number of methoxy groups -OCH3 is 1. The first kappa shape index (κ1) is 23.2. The summed E-state index contributed by atoms with van der Waals surface area (Å²) in [6.45, 7) is 3.98. The highest BCUT2D eigenvalue weighted by molar-refractivity contribution is 6.32. The fraction of sp³-hybridized carbons (Fsp3) is 0.318. The van der Waals surface area contributed by atoms with Crippen molar-refractivity contribution in [1.29, 1.82) is 0 Å². The van der Waals surface area contributed by atoms with Crippen LogP contribution < -0.4 is 14.8 Å². The second-order valence-corrected chi connectivity index (χ2v) is 7.25. The highest BCUT2D eigenvalue weighted by Gasteiger charge is 2.18. The summed E-state index contributed by atoms with van der Waals surface area (Å²) < 4.78 is 15.9. The zero-order chi connectivity index (χ0) is 22.1. The molecule has 0 aromatic heterocycles.